The normalized spacial score (nSPS) is 26.6. The first-order valence-corrected chi connectivity index (χ1v) is 4.38. The molecule has 4 heteroatoms. The van der Waals surface area contributed by atoms with Gasteiger partial charge in [-0.3, -0.25) is 5.32 Å². The Balaban J connectivity index is 1.97. The van der Waals surface area contributed by atoms with Crippen LogP contribution >= 0.6 is 11.8 Å². The summed E-state index contributed by atoms with van der Waals surface area (Å²) in [4.78, 5) is 4.88. The van der Waals surface area contributed by atoms with E-state index >= 15 is 0 Å². The van der Waals surface area contributed by atoms with Gasteiger partial charge in [-0.15, -0.1) is 11.8 Å². The van der Waals surface area contributed by atoms with E-state index in [0.717, 1.165) is 31.0 Å². The molecule has 2 heterocycles. The quantitative estimate of drug-likeness (QED) is 0.604. The molecular weight excluding hydrogens is 148 g/mol. The SMILES string of the molecule is C1CS[C](C2=NOCC2)N1. The maximum atomic E-state index is 4.88. The third-order valence-electron chi connectivity index (χ3n) is 1.50. The van der Waals surface area contributed by atoms with Crippen molar-refractivity contribution in [3.8, 4) is 0 Å². The van der Waals surface area contributed by atoms with E-state index < -0.39 is 0 Å². The molecule has 1 saturated heterocycles. The smallest absolute Gasteiger partial charge is 0.141 e. The van der Waals surface area contributed by atoms with Crippen LogP contribution in [0.1, 0.15) is 6.42 Å². The van der Waals surface area contributed by atoms with Crippen LogP contribution in [0.5, 0.6) is 0 Å². The monoisotopic (exact) mass is 157 g/mol. The van der Waals surface area contributed by atoms with Gasteiger partial charge in [0.1, 0.15) is 12.0 Å². The second kappa shape index (κ2) is 2.80. The summed E-state index contributed by atoms with van der Waals surface area (Å²) in [5.41, 5.74) is 1.10. The molecule has 1 radical (unpaired) electrons. The highest BCUT2D eigenvalue weighted by atomic mass is 32.2. The van der Waals surface area contributed by atoms with Gasteiger partial charge in [0.05, 0.1) is 5.71 Å². The minimum Gasteiger partial charge on any atom is -0.395 e. The lowest BCUT2D eigenvalue weighted by Gasteiger charge is -2.03. The van der Waals surface area contributed by atoms with Crippen LogP contribution in [0.2, 0.25) is 0 Å². The van der Waals surface area contributed by atoms with Crippen molar-refractivity contribution in [2.24, 2.45) is 5.16 Å². The maximum Gasteiger partial charge on any atom is 0.141 e. The van der Waals surface area contributed by atoms with Gasteiger partial charge in [0.25, 0.3) is 0 Å². The zero-order valence-electron chi connectivity index (χ0n) is 5.59. The van der Waals surface area contributed by atoms with Crippen molar-refractivity contribution in [3.63, 3.8) is 0 Å². The maximum absolute atomic E-state index is 4.88. The van der Waals surface area contributed by atoms with E-state index in [1.807, 2.05) is 11.8 Å². The molecule has 1 N–H and O–H groups in total. The van der Waals surface area contributed by atoms with Crippen LogP contribution in [0, 0.1) is 5.37 Å². The summed E-state index contributed by atoms with van der Waals surface area (Å²) >= 11 is 1.83. The number of thioether (sulfide) groups is 1. The first kappa shape index (κ1) is 6.49. The lowest BCUT2D eigenvalue weighted by atomic mass is 10.3. The second-order valence-corrected chi connectivity index (χ2v) is 3.33. The van der Waals surface area contributed by atoms with Gasteiger partial charge >= 0.3 is 0 Å². The second-order valence-electron chi connectivity index (χ2n) is 2.23. The molecule has 1 fully saturated rings. The number of rotatable bonds is 1. The number of oxime groups is 1. The number of nitrogens with one attached hydrogen (secondary N) is 1. The Bertz CT molecular complexity index is 154. The molecule has 55 valence electrons. The predicted octanol–water partition coefficient (Wildman–Crippen LogP) is 0.589. The van der Waals surface area contributed by atoms with E-state index in [2.05, 4.69) is 10.5 Å². The van der Waals surface area contributed by atoms with Crippen molar-refractivity contribution in [3.05, 3.63) is 5.37 Å². The molecule has 0 aromatic carbocycles. The van der Waals surface area contributed by atoms with Gasteiger partial charge in [-0.25, -0.2) is 0 Å². The van der Waals surface area contributed by atoms with Gasteiger partial charge < -0.3 is 4.84 Å². The number of nitrogens with zero attached hydrogens (tertiary/aromatic N) is 1. The summed E-state index contributed by atoms with van der Waals surface area (Å²) in [7, 11) is 0. The van der Waals surface area contributed by atoms with Crippen LogP contribution in [0.25, 0.3) is 0 Å². The highest BCUT2D eigenvalue weighted by molar-refractivity contribution is 8.03. The highest BCUT2D eigenvalue weighted by Gasteiger charge is 2.24. The van der Waals surface area contributed by atoms with E-state index in [1.165, 1.54) is 5.37 Å². The largest absolute Gasteiger partial charge is 0.395 e. The van der Waals surface area contributed by atoms with Crippen molar-refractivity contribution in [2.45, 2.75) is 6.42 Å². The van der Waals surface area contributed by atoms with E-state index in [-0.39, 0.29) is 0 Å². The Morgan fingerprint density at radius 3 is 3.20 bits per heavy atom. The van der Waals surface area contributed by atoms with Gasteiger partial charge in [-0.1, -0.05) is 5.16 Å². The lowest BCUT2D eigenvalue weighted by molar-refractivity contribution is 0.173. The van der Waals surface area contributed by atoms with Crippen LogP contribution in [0.4, 0.5) is 0 Å². The van der Waals surface area contributed by atoms with Crippen molar-refractivity contribution < 1.29 is 4.84 Å². The molecular formula is C6H9N2OS. The summed E-state index contributed by atoms with van der Waals surface area (Å²) in [6.07, 6.45) is 0.968. The zero-order valence-corrected chi connectivity index (χ0v) is 6.41. The summed E-state index contributed by atoms with van der Waals surface area (Å²) in [5, 5.41) is 8.40. The standard InChI is InChI=1S/C6H9N2OS/c1-3-9-8-5(1)6-7-2-4-10-6/h7H,1-4H2. The van der Waals surface area contributed by atoms with Crippen molar-refractivity contribution in [2.75, 3.05) is 18.9 Å². The number of hydrogen-bond acceptors (Lipinski definition) is 4. The van der Waals surface area contributed by atoms with Gasteiger partial charge in [0.2, 0.25) is 0 Å². The van der Waals surface area contributed by atoms with Crippen LogP contribution in [0.3, 0.4) is 0 Å². The van der Waals surface area contributed by atoms with Gasteiger partial charge in [0, 0.05) is 18.7 Å². The third kappa shape index (κ3) is 1.13. The van der Waals surface area contributed by atoms with E-state index in [4.69, 9.17) is 4.84 Å². The summed E-state index contributed by atoms with van der Waals surface area (Å²) in [5.74, 6) is 1.16. The molecule has 3 nitrogen and oxygen atoms in total. The van der Waals surface area contributed by atoms with Crippen molar-refractivity contribution in [1.29, 1.82) is 0 Å². The summed E-state index contributed by atoms with van der Waals surface area (Å²) in [6, 6.07) is 0. The summed E-state index contributed by atoms with van der Waals surface area (Å²) < 4.78 is 0. The average Bonchev–Trinajstić information content (AvgIpc) is 2.59. The van der Waals surface area contributed by atoms with Crippen LogP contribution in [0.15, 0.2) is 5.16 Å². The molecule has 2 aliphatic rings. The topological polar surface area (TPSA) is 33.6 Å². The Kier molecular flexibility index (Phi) is 1.82. The molecule has 0 bridgehead atoms. The lowest BCUT2D eigenvalue weighted by Crippen LogP contribution is -2.19. The predicted molar refractivity (Wildman–Crippen MR) is 41.7 cm³/mol. The third-order valence-corrected chi connectivity index (χ3v) is 2.58. The minimum atomic E-state index is 0.751. The minimum absolute atomic E-state index is 0.751. The van der Waals surface area contributed by atoms with Crippen molar-refractivity contribution in [1.82, 2.24) is 5.32 Å². The fourth-order valence-electron chi connectivity index (χ4n) is 1.02. The van der Waals surface area contributed by atoms with Gasteiger partial charge in [-0.2, -0.15) is 0 Å². The molecule has 0 amide bonds. The van der Waals surface area contributed by atoms with Crippen molar-refractivity contribution >= 4 is 17.5 Å². The Labute approximate surface area is 64.2 Å². The molecule has 2 rings (SSSR count). The fraction of sp³-hybridized carbons (Fsp3) is 0.667. The molecule has 10 heavy (non-hydrogen) atoms. The molecule has 0 aromatic rings. The van der Waals surface area contributed by atoms with E-state index in [1.54, 1.807) is 0 Å². The first-order valence-electron chi connectivity index (χ1n) is 3.39. The van der Waals surface area contributed by atoms with E-state index in [9.17, 15) is 0 Å². The summed E-state index contributed by atoms with van der Waals surface area (Å²) in [6.45, 7) is 1.82. The Morgan fingerprint density at radius 2 is 2.60 bits per heavy atom. The highest BCUT2D eigenvalue weighted by Crippen LogP contribution is 2.25. The Hall–Kier alpha value is -0.220. The molecule has 2 aliphatic heterocycles. The molecule has 0 aliphatic carbocycles. The van der Waals surface area contributed by atoms with Crippen LogP contribution in [-0.2, 0) is 4.84 Å². The van der Waals surface area contributed by atoms with Gasteiger partial charge in [-0.05, 0) is 0 Å². The van der Waals surface area contributed by atoms with Gasteiger partial charge in [0.15, 0.2) is 0 Å². The first-order chi connectivity index (χ1) is 4.97. The Morgan fingerprint density at radius 1 is 1.60 bits per heavy atom. The number of hydrogen-bond donors (Lipinski definition) is 1. The average molecular weight is 157 g/mol. The fourth-order valence-corrected chi connectivity index (χ4v) is 1.94. The van der Waals surface area contributed by atoms with E-state index in [0.29, 0.717) is 0 Å². The molecule has 0 spiro atoms. The molecule has 0 atom stereocenters. The zero-order chi connectivity index (χ0) is 6.81. The molecule has 0 saturated carbocycles. The van der Waals surface area contributed by atoms with Crippen LogP contribution < -0.4 is 5.32 Å². The molecule has 0 unspecified atom stereocenters. The van der Waals surface area contributed by atoms with Crippen LogP contribution in [-0.4, -0.2) is 24.6 Å². The molecule has 0 aromatic heterocycles.